The molecule has 0 heterocycles. The Bertz CT molecular complexity index is 829. The van der Waals surface area contributed by atoms with Crippen LogP contribution < -0.4 is 9.47 Å². The average Bonchev–Trinajstić information content (AvgIpc) is 2.87. The summed E-state index contributed by atoms with van der Waals surface area (Å²) in [5.74, 6) is 1.37. The highest BCUT2D eigenvalue weighted by Crippen LogP contribution is 2.25. The molecule has 2 aromatic rings. The molecule has 0 aromatic heterocycles. The monoisotopic (exact) mass is 514 g/mol. The summed E-state index contributed by atoms with van der Waals surface area (Å²) in [6.07, 6.45) is 16.8. The lowest BCUT2D eigenvalue weighted by atomic mass is 10.1. The van der Waals surface area contributed by atoms with E-state index in [4.69, 9.17) is 21.1 Å². The fourth-order valence-corrected chi connectivity index (χ4v) is 4.68. The van der Waals surface area contributed by atoms with E-state index in [1.54, 1.807) is 0 Å². The van der Waals surface area contributed by atoms with E-state index in [0.29, 0.717) is 18.1 Å². The highest BCUT2D eigenvalue weighted by Gasteiger charge is 2.19. The van der Waals surface area contributed by atoms with Crippen LogP contribution in [0, 0.1) is 5.92 Å². The first kappa shape index (κ1) is 30.2. The maximum Gasteiger partial charge on any atom is 0.329 e. The summed E-state index contributed by atoms with van der Waals surface area (Å²) in [6, 6.07) is 15.7. The molecule has 0 fully saturated rings. The Kier molecular flexibility index (Phi) is 15.3. The van der Waals surface area contributed by atoms with Gasteiger partial charge in [-0.15, -0.1) is 11.6 Å². The summed E-state index contributed by atoms with van der Waals surface area (Å²) in [5, 5.41) is -0.618. The molecule has 0 bridgehead atoms. The van der Waals surface area contributed by atoms with Crippen molar-refractivity contribution >= 4 is 17.6 Å². The molecule has 0 aliphatic rings. The molecule has 0 N–H and O–H groups in total. The van der Waals surface area contributed by atoms with Gasteiger partial charge >= 0.3 is 5.97 Å². The van der Waals surface area contributed by atoms with E-state index in [-0.39, 0.29) is 0 Å². The molecular weight excluding hydrogens is 468 g/mol. The van der Waals surface area contributed by atoms with E-state index in [2.05, 4.69) is 19.1 Å². The Morgan fingerprint density at radius 3 is 1.61 bits per heavy atom. The largest absolute Gasteiger partial charge is 0.494 e. The third-order valence-corrected chi connectivity index (χ3v) is 6.82. The second kappa shape index (κ2) is 18.3. The van der Waals surface area contributed by atoms with Gasteiger partial charge in [-0.3, -0.25) is 4.79 Å². The molecule has 3 nitrogen and oxygen atoms in total. The molecule has 36 heavy (non-hydrogen) atoms. The Balaban J connectivity index is 1.60. The van der Waals surface area contributed by atoms with Gasteiger partial charge in [-0.25, -0.2) is 0 Å². The summed E-state index contributed by atoms with van der Waals surface area (Å²) in [6.45, 7) is 7.12. The van der Waals surface area contributed by atoms with Crippen molar-refractivity contribution < 1.29 is 14.3 Å². The van der Waals surface area contributed by atoms with E-state index in [0.717, 1.165) is 29.9 Å². The summed E-state index contributed by atoms with van der Waals surface area (Å²) in [7, 11) is 0. The van der Waals surface area contributed by atoms with Crippen LogP contribution in [0.15, 0.2) is 48.5 Å². The first-order valence-electron chi connectivity index (χ1n) is 14.2. The van der Waals surface area contributed by atoms with E-state index < -0.39 is 11.3 Å². The summed E-state index contributed by atoms with van der Waals surface area (Å²) in [5.41, 5.74) is 2.16. The van der Waals surface area contributed by atoms with Crippen molar-refractivity contribution in [3.05, 3.63) is 48.5 Å². The molecule has 4 heteroatoms. The minimum Gasteiger partial charge on any atom is -0.494 e. The lowest BCUT2D eigenvalue weighted by Crippen LogP contribution is -2.22. The lowest BCUT2D eigenvalue weighted by molar-refractivity contribution is -0.134. The van der Waals surface area contributed by atoms with Gasteiger partial charge < -0.3 is 9.47 Å². The second-order valence-electron chi connectivity index (χ2n) is 10.3. The molecule has 2 aromatic carbocycles. The van der Waals surface area contributed by atoms with Crippen molar-refractivity contribution in [2.45, 2.75) is 110 Å². The van der Waals surface area contributed by atoms with Crippen molar-refractivity contribution in [3.8, 4) is 22.6 Å². The SMILES string of the molecule is CCCCCCCCCCCCCCOc1ccc(-c2ccc(OC(=O)C(Cl)CC(C)C)cc2)cc1. The number of rotatable bonds is 19. The normalized spacial score (nSPS) is 12.0. The number of halogens is 1. The predicted molar refractivity (Wildman–Crippen MR) is 153 cm³/mol. The molecule has 2 rings (SSSR count). The van der Waals surface area contributed by atoms with Crippen LogP contribution in [0.1, 0.15) is 104 Å². The number of benzene rings is 2. The Hall–Kier alpha value is -2.00. The predicted octanol–water partition coefficient (Wildman–Crippen LogP) is 9.99. The maximum atomic E-state index is 12.1. The van der Waals surface area contributed by atoms with Crippen LogP contribution in [0.4, 0.5) is 0 Å². The second-order valence-corrected chi connectivity index (χ2v) is 10.8. The van der Waals surface area contributed by atoms with Gasteiger partial charge in [-0.05, 0) is 54.2 Å². The fraction of sp³-hybridized carbons (Fsp3) is 0.594. The number of carbonyl (C=O) groups excluding carboxylic acids is 1. The van der Waals surface area contributed by atoms with E-state index >= 15 is 0 Å². The van der Waals surface area contributed by atoms with Crippen LogP contribution >= 0.6 is 11.6 Å². The van der Waals surface area contributed by atoms with Gasteiger partial charge in [0.15, 0.2) is 0 Å². The Morgan fingerprint density at radius 1 is 0.694 bits per heavy atom. The number of hydrogen-bond donors (Lipinski definition) is 0. The summed E-state index contributed by atoms with van der Waals surface area (Å²) < 4.78 is 11.3. The zero-order valence-electron chi connectivity index (χ0n) is 22.8. The highest BCUT2D eigenvalue weighted by atomic mass is 35.5. The van der Waals surface area contributed by atoms with Gasteiger partial charge in [-0.2, -0.15) is 0 Å². The van der Waals surface area contributed by atoms with Crippen molar-refractivity contribution in [3.63, 3.8) is 0 Å². The number of hydrogen-bond acceptors (Lipinski definition) is 3. The van der Waals surface area contributed by atoms with Gasteiger partial charge in [-0.1, -0.05) is 116 Å². The number of esters is 1. The average molecular weight is 515 g/mol. The number of alkyl halides is 1. The topological polar surface area (TPSA) is 35.5 Å². The molecule has 0 aliphatic heterocycles. The minimum absolute atomic E-state index is 0.346. The molecule has 0 saturated heterocycles. The van der Waals surface area contributed by atoms with Crippen molar-refractivity contribution in [2.75, 3.05) is 6.61 Å². The lowest BCUT2D eigenvalue weighted by Gasteiger charge is -2.12. The van der Waals surface area contributed by atoms with E-state index in [9.17, 15) is 4.79 Å². The number of ether oxygens (including phenoxy) is 2. The van der Waals surface area contributed by atoms with Gasteiger partial charge in [0, 0.05) is 0 Å². The van der Waals surface area contributed by atoms with Crippen LogP contribution in [0.2, 0.25) is 0 Å². The molecule has 200 valence electrons. The van der Waals surface area contributed by atoms with Crippen molar-refractivity contribution in [1.82, 2.24) is 0 Å². The van der Waals surface area contributed by atoms with E-state index in [1.165, 1.54) is 70.6 Å². The van der Waals surface area contributed by atoms with Crippen LogP contribution in [0.25, 0.3) is 11.1 Å². The van der Waals surface area contributed by atoms with Gasteiger partial charge in [0.2, 0.25) is 0 Å². The van der Waals surface area contributed by atoms with Crippen LogP contribution in [0.5, 0.6) is 11.5 Å². The molecule has 0 aliphatic carbocycles. The first-order chi connectivity index (χ1) is 17.5. The first-order valence-corrected chi connectivity index (χ1v) is 14.6. The van der Waals surface area contributed by atoms with Crippen molar-refractivity contribution in [1.29, 1.82) is 0 Å². The molecule has 0 amide bonds. The van der Waals surface area contributed by atoms with E-state index in [1.807, 2.05) is 50.2 Å². The van der Waals surface area contributed by atoms with Gasteiger partial charge in [0.25, 0.3) is 0 Å². The van der Waals surface area contributed by atoms with Gasteiger partial charge in [0.1, 0.15) is 16.9 Å². The molecule has 0 saturated carbocycles. The highest BCUT2D eigenvalue weighted by molar-refractivity contribution is 6.30. The smallest absolute Gasteiger partial charge is 0.329 e. The molecule has 1 atom stereocenters. The summed E-state index contributed by atoms with van der Waals surface area (Å²) in [4.78, 5) is 12.1. The maximum absolute atomic E-state index is 12.1. The fourth-order valence-electron chi connectivity index (χ4n) is 4.28. The Morgan fingerprint density at radius 2 is 1.14 bits per heavy atom. The quantitative estimate of drug-likeness (QED) is 0.0809. The Labute approximate surface area is 224 Å². The third kappa shape index (κ3) is 12.8. The van der Waals surface area contributed by atoms with Gasteiger partial charge in [0.05, 0.1) is 6.61 Å². The minimum atomic E-state index is -0.618. The van der Waals surface area contributed by atoms with Crippen LogP contribution in [-0.4, -0.2) is 18.0 Å². The van der Waals surface area contributed by atoms with Crippen molar-refractivity contribution in [2.24, 2.45) is 5.92 Å². The number of unbranched alkanes of at least 4 members (excludes halogenated alkanes) is 11. The zero-order valence-corrected chi connectivity index (χ0v) is 23.5. The molecule has 0 radical (unpaired) electrons. The molecule has 1 unspecified atom stereocenters. The number of carbonyl (C=O) groups is 1. The van der Waals surface area contributed by atoms with Crippen LogP contribution in [-0.2, 0) is 4.79 Å². The summed E-state index contributed by atoms with van der Waals surface area (Å²) >= 11 is 6.13. The molecular formula is C32H47ClO3. The zero-order chi connectivity index (χ0) is 26.0. The molecule has 0 spiro atoms. The van der Waals surface area contributed by atoms with Crippen LogP contribution in [0.3, 0.4) is 0 Å². The standard InChI is InChI=1S/C32H47ClO3/c1-4-5-6-7-8-9-10-11-12-13-14-15-24-35-29-20-16-27(17-21-29)28-18-22-30(23-19-28)36-32(34)31(33)25-26(2)3/h16-23,26,31H,4-15,24-25H2,1-3H3. The third-order valence-electron chi connectivity index (χ3n) is 6.46.